The maximum atomic E-state index is 12.3. The molecule has 0 radical (unpaired) electrons. The topological polar surface area (TPSA) is 71.3 Å². The van der Waals surface area contributed by atoms with Crippen molar-refractivity contribution in [1.82, 2.24) is 0 Å². The van der Waals surface area contributed by atoms with Gasteiger partial charge in [0.15, 0.2) is 11.5 Å². The number of ether oxygens (including phenoxy) is 2. The van der Waals surface area contributed by atoms with Crippen LogP contribution in [-0.2, 0) is 4.79 Å². The van der Waals surface area contributed by atoms with Crippen molar-refractivity contribution in [2.24, 2.45) is 0 Å². The number of hydrogen-bond donors (Lipinski definition) is 1. The Balaban J connectivity index is 2.24. The van der Waals surface area contributed by atoms with Crippen LogP contribution < -0.4 is 14.8 Å². The third-order valence-electron chi connectivity index (χ3n) is 3.11. The lowest BCUT2D eigenvalue weighted by Gasteiger charge is -2.10. The summed E-state index contributed by atoms with van der Waals surface area (Å²) < 4.78 is 34.0. The maximum absolute atomic E-state index is 12.3. The lowest BCUT2D eigenvalue weighted by atomic mass is 10.1. The van der Waals surface area contributed by atoms with Crippen molar-refractivity contribution >= 4 is 17.7 Å². The van der Waals surface area contributed by atoms with Crippen LogP contribution >= 0.6 is 0 Å². The zero-order valence-electron chi connectivity index (χ0n) is 13.2. The second-order valence-corrected chi connectivity index (χ2v) is 4.78. The number of benzene rings is 2. The van der Waals surface area contributed by atoms with E-state index in [1.54, 1.807) is 30.3 Å². The van der Waals surface area contributed by atoms with Gasteiger partial charge in [-0.2, -0.15) is 14.0 Å². The minimum Gasteiger partial charge on any atom is -0.493 e. The zero-order valence-corrected chi connectivity index (χ0v) is 13.2. The molecule has 2 rings (SSSR count). The van der Waals surface area contributed by atoms with Gasteiger partial charge in [-0.15, -0.1) is 0 Å². The van der Waals surface area contributed by atoms with E-state index in [-0.39, 0.29) is 17.1 Å². The van der Waals surface area contributed by atoms with E-state index in [4.69, 9.17) is 4.74 Å². The summed E-state index contributed by atoms with van der Waals surface area (Å²) in [6, 6.07) is 14.6. The Morgan fingerprint density at radius 3 is 2.52 bits per heavy atom. The Bertz CT molecular complexity index is 815. The third-order valence-corrected chi connectivity index (χ3v) is 3.11. The Kier molecular flexibility index (Phi) is 6.07. The number of rotatable bonds is 6. The Hall–Kier alpha value is -3.40. The molecule has 0 spiro atoms. The molecule has 0 heterocycles. The molecule has 2 aromatic rings. The van der Waals surface area contributed by atoms with E-state index in [1.807, 2.05) is 6.07 Å². The van der Waals surface area contributed by atoms with Gasteiger partial charge in [0.05, 0.1) is 7.11 Å². The molecule has 7 heteroatoms. The van der Waals surface area contributed by atoms with Gasteiger partial charge in [-0.3, -0.25) is 4.79 Å². The Morgan fingerprint density at radius 2 is 1.92 bits per heavy atom. The predicted octanol–water partition coefficient (Wildman–Crippen LogP) is 3.84. The number of anilines is 1. The molecule has 0 unspecified atom stereocenters. The number of nitrogens with one attached hydrogen (secondary N) is 1. The standard InChI is InChI=1S/C18H14F2N2O3/c1-24-16-10-12(7-8-15(16)25-18(19)20)9-13(11-21)17(23)22-14-5-3-2-4-6-14/h2-10,18H,1H3,(H,22,23)/b13-9+. The summed E-state index contributed by atoms with van der Waals surface area (Å²) in [5.74, 6) is -0.655. The molecule has 25 heavy (non-hydrogen) atoms. The van der Waals surface area contributed by atoms with Gasteiger partial charge in [-0.1, -0.05) is 24.3 Å². The summed E-state index contributed by atoms with van der Waals surface area (Å²) in [4.78, 5) is 12.2. The molecular formula is C18H14F2N2O3. The van der Waals surface area contributed by atoms with Crippen molar-refractivity contribution < 1.29 is 23.0 Å². The monoisotopic (exact) mass is 344 g/mol. The molecule has 0 aliphatic carbocycles. The number of carbonyl (C=O) groups excluding carboxylic acids is 1. The fourth-order valence-corrected chi connectivity index (χ4v) is 2.00. The molecule has 0 aliphatic rings. The van der Waals surface area contributed by atoms with Crippen molar-refractivity contribution in [1.29, 1.82) is 5.26 Å². The molecule has 5 nitrogen and oxygen atoms in total. The maximum Gasteiger partial charge on any atom is 0.387 e. The molecule has 1 N–H and O–H groups in total. The van der Waals surface area contributed by atoms with E-state index in [0.29, 0.717) is 11.3 Å². The fourth-order valence-electron chi connectivity index (χ4n) is 2.00. The van der Waals surface area contributed by atoms with E-state index in [0.717, 1.165) is 0 Å². The summed E-state index contributed by atoms with van der Waals surface area (Å²) in [5.41, 5.74) is 0.832. The number of hydrogen-bond acceptors (Lipinski definition) is 4. The molecule has 2 aromatic carbocycles. The lowest BCUT2D eigenvalue weighted by Crippen LogP contribution is -2.13. The number of halogens is 2. The minimum absolute atomic E-state index is 0.0646. The second-order valence-electron chi connectivity index (χ2n) is 4.78. The molecule has 1 amide bonds. The highest BCUT2D eigenvalue weighted by atomic mass is 19.3. The summed E-state index contributed by atoms with van der Waals surface area (Å²) in [7, 11) is 1.30. The van der Waals surface area contributed by atoms with Crippen LogP contribution in [0.4, 0.5) is 14.5 Å². The molecule has 0 aromatic heterocycles. The third kappa shape index (κ3) is 5.04. The summed E-state index contributed by atoms with van der Waals surface area (Å²) in [6.45, 7) is -2.98. The van der Waals surface area contributed by atoms with Crippen LogP contribution in [0.15, 0.2) is 54.1 Å². The zero-order chi connectivity index (χ0) is 18.2. The smallest absolute Gasteiger partial charge is 0.387 e. The van der Waals surface area contributed by atoms with Gasteiger partial charge in [-0.25, -0.2) is 0 Å². The molecule has 0 saturated heterocycles. The normalized spacial score (nSPS) is 10.9. The highest BCUT2D eigenvalue weighted by Crippen LogP contribution is 2.30. The van der Waals surface area contributed by atoms with Gasteiger partial charge in [0.2, 0.25) is 0 Å². The van der Waals surface area contributed by atoms with Gasteiger partial charge in [0, 0.05) is 5.69 Å². The quantitative estimate of drug-likeness (QED) is 0.638. The van der Waals surface area contributed by atoms with Crippen LogP contribution in [-0.4, -0.2) is 19.6 Å². The summed E-state index contributed by atoms with van der Waals surface area (Å²) >= 11 is 0. The highest BCUT2D eigenvalue weighted by Gasteiger charge is 2.13. The molecule has 0 bridgehead atoms. The van der Waals surface area contributed by atoms with Crippen molar-refractivity contribution in [3.63, 3.8) is 0 Å². The van der Waals surface area contributed by atoms with E-state index < -0.39 is 12.5 Å². The van der Waals surface area contributed by atoms with Crippen LogP contribution in [0, 0.1) is 11.3 Å². The molecule has 0 atom stereocenters. The largest absolute Gasteiger partial charge is 0.493 e. The van der Waals surface area contributed by atoms with E-state index in [1.165, 1.54) is 31.4 Å². The Labute approximate surface area is 143 Å². The van der Waals surface area contributed by atoms with Crippen molar-refractivity contribution in [3.05, 3.63) is 59.7 Å². The average Bonchev–Trinajstić information content (AvgIpc) is 2.61. The van der Waals surface area contributed by atoms with Gasteiger partial charge in [0.1, 0.15) is 11.6 Å². The lowest BCUT2D eigenvalue weighted by molar-refractivity contribution is -0.112. The minimum atomic E-state index is -2.98. The highest BCUT2D eigenvalue weighted by molar-refractivity contribution is 6.09. The molecule has 0 aliphatic heterocycles. The van der Waals surface area contributed by atoms with Crippen LogP contribution in [0.3, 0.4) is 0 Å². The summed E-state index contributed by atoms with van der Waals surface area (Å²) in [6.07, 6.45) is 1.33. The van der Waals surface area contributed by atoms with Gasteiger partial charge >= 0.3 is 6.61 Å². The molecular weight excluding hydrogens is 330 g/mol. The van der Waals surface area contributed by atoms with Crippen molar-refractivity contribution in [2.45, 2.75) is 6.61 Å². The number of methoxy groups -OCH3 is 1. The number of nitrogens with zero attached hydrogens (tertiary/aromatic N) is 1. The predicted molar refractivity (Wildman–Crippen MR) is 88.3 cm³/mol. The van der Waals surface area contributed by atoms with Gasteiger partial charge in [0.25, 0.3) is 5.91 Å². The average molecular weight is 344 g/mol. The number of nitriles is 1. The number of para-hydroxylation sites is 1. The first-order chi connectivity index (χ1) is 12.0. The van der Waals surface area contributed by atoms with Gasteiger partial charge in [-0.05, 0) is 35.9 Å². The van der Waals surface area contributed by atoms with E-state index in [9.17, 15) is 18.8 Å². The van der Waals surface area contributed by atoms with E-state index >= 15 is 0 Å². The second kappa shape index (κ2) is 8.45. The van der Waals surface area contributed by atoms with Crippen LogP contribution in [0.2, 0.25) is 0 Å². The Morgan fingerprint density at radius 1 is 1.20 bits per heavy atom. The first kappa shape index (κ1) is 17.9. The summed E-state index contributed by atoms with van der Waals surface area (Å²) in [5, 5.41) is 11.8. The van der Waals surface area contributed by atoms with Gasteiger partial charge < -0.3 is 14.8 Å². The van der Waals surface area contributed by atoms with Crippen molar-refractivity contribution in [2.75, 3.05) is 12.4 Å². The fraction of sp³-hybridized carbons (Fsp3) is 0.111. The van der Waals surface area contributed by atoms with Crippen LogP contribution in [0.5, 0.6) is 11.5 Å². The van der Waals surface area contributed by atoms with Crippen LogP contribution in [0.1, 0.15) is 5.56 Å². The number of alkyl halides is 2. The SMILES string of the molecule is COc1cc(/C=C(\C#N)C(=O)Nc2ccccc2)ccc1OC(F)F. The first-order valence-electron chi connectivity index (χ1n) is 7.14. The van der Waals surface area contributed by atoms with Crippen LogP contribution in [0.25, 0.3) is 6.08 Å². The molecule has 128 valence electrons. The van der Waals surface area contributed by atoms with E-state index in [2.05, 4.69) is 10.1 Å². The number of amides is 1. The molecule has 0 saturated carbocycles. The molecule has 0 fully saturated rings. The van der Waals surface area contributed by atoms with Crippen molar-refractivity contribution in [3.8, 4) is 17.6 Å². The first-order valence-corrected chi connectivity index (χ1v) is 7.14. The number of carbonyl (C=O) groups is 1.